The summed E-state index contributed by atoms with van der Waals surface area (Å²) in [6.07, 6.45) is 1.16. The van der Waals surface area contributed by atoms with Gasteiger partial charge in [0.15, 0.2) is 0 Å². The van der Waals surface area contributed by atoms with E-state index in [0.717, 1.165) is 16.5 Å². The topological polar surface area (TPSA) is 54.3 Å². The Morgan fingerprint density at radius 3 is 2.75 bits per heavy atom. The number of nitrogens with one attached hydrogen (secondary N) is 1. The zero-order valence-corrected chi connectivity index (χ0v) is 16.9. The van der Waals surface area contributed by atoms with Crippen LogP contribution in [0.15, 0.2) is 46.9 Å². The molecular formula is C21H19BrFN3O2. The summed E-state index contributed by atoms with van der Waals surface area (Å²) in [5, 5.41) is 3.50. The van der Waals surface area contributed by atoms with Crippen molar-refractivity contribution in [1.29, 1.82) is 0 Å². The van der Waals surface area contributed by atoms with E-state index >= 15 is 0 Å². The van der Waals surface area contributed by atoms with Gasteiger partial charge in [0, 0.05) is 36.4 Å². The lowest BCUT2D eigenvalue weighted by Crippen LogP contribution is -2.30. The van der Waals surface area contributed by atoms with Crippen molar-refractivity contribution in [3.8, 4) is 0 Å². The predicted molar refractivity (Wildman–Crippen MR) is 110 cm³/mol. The molecule has 1 N–H and O–H groups in total. The number of carbonyl (C=O) groups is 2. The Labute approximate surface area is 170 Å². The van der Waals surface area contributed by atoms with Gasteiger partial charge in [-0.2, -0.15) is 0 Å². The molecule has 2 aromatic carbocycles. The summed E-state index contributed by atoms with van der Waals surface area (Å²) in [6, 6.07) is 12.0. The molecule has 2 heterocycles. The monoisotopic (exact) mass is 443 g/mol. The molecule has 1 saturated heterocycles. The summed E-state index contributed by atoms with van der Waals surface area (Å²) < 4.78 is 16.6. The minimum atomic E-state index is -0.397. The number of halogens is 2. The second kappa shape index (κ2) is 7.39. The predicted octanol–water partition coefficient (Wildman–Crippen LogP) is 4.14. The smallest absolute Gasteiger partial charge is 0.270 e. The third-order valence-corrected chi connectivity index (χ3v) is 5.86. The average Bonchev–Trinajstić information content (AvgIpc) is 3.21. The highest BCUT2D eigenvalue weighted by molar-refractivity contribution is 9.10. The Bertz CT molecular complexity index is 1090. The summed E-state index contributed by atoms with van der Waals surface area (Å²) in [5.41, 5.74) is 2.51. The molecule has 2 amide bonds. The van der Waals surface area contributed by atoms with Crippen molar-refractivity contribution in [2.24, 2.45) is 7.05 Å². The molecule has 1 fully saturated rings. The number of nitrogens with zero attached hydrogens (tertiary/aromatic N) is 2. The number of anilines is 1. The van der Waals surface area contributed by atoms with E-state index in [-0.39, 0.29) is 11.8 Å². The number of hydrogen-bond donors (Lipinski definition) is 1. The molecule has 0 saturated carbocycles. The van der Waals surface area contributed by atoms with Crippen molar-refractivity contribution in [3.05, 3.63) is 64.0 Å². The van der Waals surface area contributed by atoms with E-state index in [4.69, 9.17) is 0 Å². The maximum atomic E-state index is 13.9. The van der Waals surface area contributed by atoms with Crippen molar-refractivity contribution < 1.29 is 14.0 Å². The molecule has 0 radical (unpaired) electrons. The van der Waals surface area contributed by atoms with E-state index in [9.17, 15) is 14.0 Å². The van der Waals surface area contributed by atoms with E-state index in [1.54, 1.807) is 22.6 Å². The number of aryl methyl sites for hydroxylation is 1. The highest BCUT2D eigenvalue weighted by atomic mass is 79.9. The van der Waals surface area contributed by atoms with Crippen molar-refractivity contribution in [2.75, 3.05) is 11.4 Å². The Morgan fingerprint density at radius 2 is 2.04 bits per heavy atom. The number of fused-ring (bicyclic) bond motifs is 1. The van der Waals surface area contributed by atoms with Gasteiger partial charge in [-0.1, -0.05) is 34.1 Å². The van der Waals surface area contributed by atoms with Crippen LogP contribution >= 0.6 is 15.9 Å². The van der Waals surface area contributed by atoms with Gasteiger partial charge in [0.1, 0.15) is 11.5 Å². The summed E-state index contributed by atoms with van der Waals surface area (Å²) >= 11 is 3.48. The fourth-order valence-electron chi connectivity index (χ4n) is 3.72. The van der Waals surface area contributed by atoms with Crippen LogP contribution in [0.1, 0.15) is 28.9 Å². The number of carbonyl (C=O) groups excluding carboxylic acids is 2. The molecule has 0 atom stereocenters. The van der Waals surface area contributed by atoms with Gasteiger partial charge in [-0.25, -0.2) is 4.39 Å². The van der Waals surface area contributed by atoms with Crippen LogP contribution in [0, 0.1) is 5.82 Å². The Morgan fingerprint density at radius 1 is 1.25 bits per heavy atom. The normalized spacial score (nSPS) is 14.1. The maximum Gasteiger partial charge on any atom is 0.270 e. The largest absolute Gasteiger partial charge is 0.347 e. The maximum absolute atomic E-state index is 13.9. The first-order chi connectivity index (χ1) is 13.5. The lowest BCUT2D eigenvalue weighted by atomic mass is 10.2. The van der Waals surface area contributed by atoms with E-state index in [2.05, 4.69) is 21.2 Å². The van der Waals surface area contributed by atoms with Gasteiger partial charge in [0.05, 0.1) is 11.2 Å². The van der Waals surface area contributed by atoms with Gasteiger partial charge in [0.25, 0.3) is 5.91 Å². The van der Waals surface area contributed by atoms with Crippen molar-refractivity contribution in [1.82, 2.24) is 9.88 Å². The fourth-order valence-corrected chi connectivity index (χ4v) is 4.14. The van der Waals surface area contributed by atoms with Crippen molar-refractivity contribution >= 4 is 44.3 Å². The number of rotatable bonds is 4. The first-order valence-electron chi connectivity index (χ1n) is 9.07. The van der Waals surface area contributed by atoms with Crippen LogP contribution in [-0.4, -0.2) is 22.9 Å². The fraction of sp³-hybridized carbons (Fsp3) is 0.238. The third kappa shape index (κ3) is 3.20. The average molecular weight is 444 g/mol. The molecule has 0 spiro atoms. The molecule has 0 unspecified atom stereocenters. The van der Waals surface area contributed by atoms with Crippen LogP contribution in [0.3, 0.4) is 0 Å². The molecule has 1 aromatic heterocycles. The summed E-state index contributed by atoms with van der Waals surface area (Å²) in [7, 11) is 1.76. The SMILES string of the molecule is Cn1c(C(=O)NCc2ccccc2Br)c(N2CCCC2=O)c2cc(F)ccc21. The van der Waals surface area contributed by atoms with Gasteiger partial charge in [0.2, 0.25) is 5.91 Å². The third-order valence-electron chi connectivity index (χ3n) is 5.09. The van der Waals surface area contributed by atoms with Crippen molar-refractivity contribution in [2.45, 2.75) is 19.4 Å². The number of benzene rings is 2. The standard InChI is InChI=1S/C21H19BrFN3O2/c1-25-17-9-8-14(23)11-15(17)19(26-10-4-7-18(26)27)20(25)21(28)24-12-13-5-2-3-6-16(13)22/h2-3,5-6,8-9,11H,4,7,10,12H2,1H3,(H,24,28). The van der Waals surface area contributed by atoms with E-state index < -0.39 is 5.82 Å². The highest BCUT2D eigenvalue weighted by Gasteiger charge is 2.31. The summed E-state index contributed by atoms with van der Waals surface area (Å²) in [6.45, 7) is 0.864. The van der Waals surface area contributed by atoms with Gasteiger partial charge >= 0.3 is 0 Å². The number of amides is 2. The van der Waals surface area contributed by atoms with E-state index in [1.807, 2.05) is 24.3 Å². The number of aromatic nitrogens is 1. The first-order valence-corrected chi connectivity index (χ1v) is 9.86. The molecule has 7 heteroatoms. The zero-order chi connectivity index (χ0) is 19.8. The number of hydrogen-bond acceptors (Lipinski definition) is 2. The Hall–Kier alpha value is -2.67. The minimum absolute atomic E-state index is 0.0448. The zero-order valence-electron chi connectivity index (χ0n) is 15.3. The van der Waals surface area contributed by atoms with Gasteiger partial charge in [-0.05, 0) is 36.2 Å². The lowest BCUT2D eigenvalue weighted by molar-refractivity contribution is -0.117. The van der Waals surface area contributed by atoms with Crippen LogP contribution in [0.25, 0.3) is 10.9 Å². The van der Waals surface area contributed by atoms with E-state index in [1.165, 1.54) is 12.1 Å². The molecular weight excluding hydrogens is 425 g/mol. The van der Waals surface area contributed by atoms with Crippen LogP contribution in [0.4, 0.5) is 10.1 Å². The quantitative estimate of drug-likeness (QED) is 0.658. The van der Waals surface area contributed by atoms with Crippen molar-refractivity contribution in [3.63, 3.8) is 0 Å². The highest BCUT2D eigenvalue weighted by Crippen LogP contribution is 2.36. The molecule has 5 nitrogen and oxygen atoms in total. The molecule has 1 aliphatic rings. The second-order valence-corrected chi connectivity index (χ2v) is 7.70. The Kier molecular flexibility index (Phi) is 4.93. The second-order valence-electron chi connectivity index (χ2n) is 6.84. The van der Waals surface area contributed by atoms with Crippen LogP contribution in [-0.2, 0) is 18.4 Å². The van der Waals surface area contributed by atoms with Crippen LogP contribution in [0.5, 0.6) is 0 Å². The van der Waals surface area contributed by atoms with Gasteiger partial charge in [-0.3, -0.25) is 9.59 Å². The van der Waals surface area contributed by atoms with Crippen LogP contribution in [0.2, 0.25) is 0 Å². The Balaban J connectivity index is 1.77. The summed E-state index contributed by atoms with van der Waals surface area (Å²) in [4.78, 5) is 27.1. The molecule has 144 valence electrons. The van der Waals surface area contributed by atoms with Gasteiger partial charge in [-0.15, -0.1) is 0 Å². The lowest BCUT2D eigenvalue weighted by Gasteiger charge is -2.18. The minimum Gasteiger partial charge on any atom is -0.347 e. The molecule has 3 aromatic rings. The molecule has 28 heavy (non-hydrogen) atoms. The van der Waals surface area contributed by atoms with Crippen LogP contribution < -0.4 is 10.2 Å². The molecule has 0 bridgehead atoms. The molecule has 0 aliphatic carbocycles. The summed E-state index contributed by atoms with van der Waals surface area (Å²) in [5.74, 6) is -0.743. The molecule has 1 aliphatic heterocycles. The van der Waals surface area contributed by atoms with E-state index in [0.29, 0.717) is 41.8 Å². The molecule has 4 rings (SSSR count). The first kappa shape index (κ1) is 18.7. The van der Waals surface area contributed by atoms with Gasteiger partial charge < -0.3 is 14.8 Å².